The summed E-state index contributed by atoms with van der Waals surface area (Å²) in [6.07, 6.45) is 1.80. The van der Waals surface area contributed by atoms with Crippen LogP contribution in [-0.4, -0.2) is 27.8 Å². The van der Waals surface area contributed by atoms with Gasteiger partial charge in [-0.05, 0) is 6.07 Å². The fourth-order valence-electron chi connectivity index (χ4n) is 1.91. The number of nitrogens with two attached hydrogens (primary N) is 1. The van der Waals surface area contributed by atoms with Crippen molar-refractivity contribution in [2.75, 3.05) is 17.2 Å². The number of anilines is 2. The molecular formula is C11H12ClN3O2S. The molecular weight excluding hydrogens is 274 g/mol. The zero-order valence-electron chi connectivity index (χ0n) is 9.72. The molecule has 2 heterocycles. The molecule has 1 aromatic heterocycles. The molecule has 0 aromatic carbocycles. The molecule has 1 aromatic rings. The summed E-state index contributed by atoms with van der Waals surface area (Å²) in [5.74, 6) is -0.0876. The molecule has 0 bridgehead atoms. The van der Waals surface area contributed by atoms with E-state index in [0.29, 0.717) is 24.3 Å². The van der Waals surface area contributed by atoms with E-state index in [0.717, 1.165) is 0 Å². The Balaban J connectivity index is 2.24. The van der Waals surface area contributed by atoms with Gasteiger partial charge < -0.3 is 10.6 Å². The lowest BCUT2D eigenvalue weighted by Gasteiger charge is -2.19. The number of nitrogen functional groups attached to an aromatic ring is 1. The number of pyridine rings is 1. The smallest absolute Gasteiger partial charge is 0.228 e. The minimum Gasteiger partial charge on any atom is -0.397 e. The number of hydrogen-bond acceptors (Lipinski definition) is 5. The molecule has 0 radical (unpaired) electrons. The average Bonchev–Trinajstić information content (AvgIpc) is 2.58. The minimum atomic E-state index is -0.0876. The predicted molar refractivity (Wildman–Crippen MR) is 72.7 cm³/mol. The molecule has 1 fully saturated rings. The second-order valence-electron chi connectivity index (χ2n) is 3.98. The fraction of sp³-hybridized carbons (Fsp3) is 0.364. The van der Waals surface area contributed by atoms with Crippen molar-refractivity contribution in [1.82, 2.24) is 4.98 Å². The first-order chi connectivity index (χ1) is 8.49. The van der Waals surface area contributed by atoms with Gasteiger partial charge in [-0.25, -0.2) is 4.98 Å². The number of amides is 1. The van der Waals surface area contributed by atoms with Gasteiger partial charge in [0, 0.05) is 31.3 Å². The summed E-state index contributed by atoms with van der Waals surface area (Å²) in [6.45, 7) is 1.92. The van der Waals surface area contributed by atoms with Crippen molar-refractivity contribution in [3.63, 3.8) is 0 Å². The number of halogens is 1. The van der Waals surface area contributed by atoms with Crippen LogP contribution in [0.5, 0.6) is 0 Å². The number of rotatable bonds is 2. The van der Waals surface area contributed by atoms with Gasteiger partial charge in [0.25, 0.3) is 0 Å². The van der Waals surface area contributed by atoms with Crippen molar-refractivity contribution < 1.29 is 9.59 Å². The Labute approximate surface area is 114 Å². The first kappa shape index (κ1) is 13.2. The monoisotopic (exact) mass is 285 g/mol. The van der Waals surface area contributed by atoms with E-state index in [2.05, 4.69) is 4.98 Å². The molecule has 1 atom stereocenters. The molecule has 1 saturated heterocycles. The SMILES string of the molecule is CC(=O)SC1CC(=O)N(c2c(N)ccnc2Cl)C1. The largest absolute Gasteiger partial charge is 0.397 e. The Morgan fingerprint density at radius 1 is 1.67 bits per heavy atom. The molecule has 1 amide bonds. The lowest BCUT2D eigenvalue weighted by Crippen LogP contribution is -2.26. The lowest BCUT2D eigenvalue weighted by atomic mass is 10.3. The third-order valence-corrected chi connectivity index (χ3v) is 3.86. The number of carbonyl (C=O) groups excluding carboxylic acids is 2. The first-order valence-electron chi connectivity index (χ1n) is 5.36. The molecule has 96 valence electrons. The van der Waals surface area contributed by atoms with Crippen molar-refractivity contribution in [2.45, 2.75) is 18.6 Å². The topological polar surface area (TPSA) is 76.3 Å². The molecule has 18 heavy (non-hydrogen) atoms. The van der Waals surface area contributed by atoms with Crippen LogP contribution >= 0.6 is 23.4 Å². The van der Waals surface area contributed by atoms with Crippen LogP contribution in [0.4, 0.5) is 11.4 Å². The molecule has 0 spiro atoms. The van der Waals surface area contributed by atoms with Crippen molar-refractivity contribution in [3.05, 3.63) is 17.4 Å². The predicted octanol–water partition coefficient (Wildman–Crippen LogP) is 1.70. The van der Waals surface area contributed by atoms with Crippen LogP contribution in [0.15, 0.2) is 12.3 Å². The number of hydrogen-bond donors (Lipinski definition) is 1. The number of thioether (sulfide) groups is 1. The molecule has 7 heteroatoms. The molecule has 2 rings (SSSR count). The summed E-state index contributed by atoms with van der Waals surface area (Å²) in [7, 11) is 0. The summed E-state index contributed by atoms with van der Waals surface area (Å²) in [4.78, 5) is 28.4. The fourth-order valence-corrected chi connectivity index (χ4v) is 3.10. The standard InChI is InChI=1S/C11H12ClN3O2S/c1-6(16)18-7-4-9(17)15(5-7)10-8(13)2-3-14-11(10)12/h2-3,7H,4-5H2,1H3,(H2,13,14). The first-order valence-corrected chi connectivity index (χ1v) is 6.62. The van der Waals surface area contributed by atoms with Crippen LogP contribution in [-0.2, 0) is 9.59 Å². The summed E-state index contributed by atoms with van der Waals surface area (Å²) in [5, 5.41) is 0.155. The van der Waals surface area contributed by atoms with E-state index in [1.807, 2.05) is 0 Å². The van der Waals surface area contributed by atoms with E-state index < -0.39 is 0 Å². The number of nitrogens with zero attached hydrogens (tertiary/aromatic N) is 2. The Morgan fingerprint density at radius 2 is 2.39 bits per heavy atom. The van der Waals surface area contributed by atoms with Gasteiger partial charge in [-0.15, -0.1) is 0 Å². The number of carbonyl (C=O) groups is 2. The van der Waals surface area contributed by atoms with E-state index in [4.69, 9.17) is 17.3 Å². The third-order valence-electron chi connectivity index (χ3n) is 2.60. The third kappa shape index (κ3) is 2.59. The van der Waals surface area contributed by atoms with Gasteiger partial charge in [-0.1, -0.05) is 23.4 Å². The van der Waals surface area contributed by atoms with E-state index >= 15 is 0 Å². The average molecular weight is 286 g/mol. The lowest BCUT2D eigenvalue weighted by molar-refractivity contribution is -0.117. The highest BCUT2D eigenvalue weighted by atomic mass is 35.5. The zero-order chi connectivity index (χ0) is 13.3. The van der Waals surface area contributed by atoms with Crippen LogP contribution in [0.2, 0.25) is 5.15 Å². The van der Waals surface area contributed by atoms with E-state index in [1.54, 1.807) is 6.07 Å². The van der Waals surface area contributed by atoms with Crippen molar-refractivity contribution in [3.8, 4) is 0 Å². The molecule has 0 saturated carbocycles. The van der Waals surface area contributed by atoms with E-state index in [1.165, 1.54) is 29.8 Å². The van der Waals surface area contributed by atoms with Crippen molar-refractivity contribution in [1.29, 1.82) is 0 Å². The van der Waals surface area contributed by atoms with Crippen LogP contribution < -0.4 is 10.6 Å². The highest BCUT2D eigenvalue weighted by Crippen LogP contribution is 2.35. The molecule has 1 aliphatic rings. The van der Waals surface area contributed by atoms with Crippen LogP contribution in [0.1, 0.15) is 13.3 Å². The molecule has 0 aliphatic carbocycles. The van der Waals surface area contributed by atoms with Gasteiger partial charge in [-0.2, -0.15) is 0 Å². The zero-order valence-corrected chi connectivity index (χ0v) is 11.3. The summed E-state index contributed by atoms with van der Waals surface area (Å²) >= 11 is 7.14. The number of aromatic nitrogens is 1. The molecule has 1 aliphatic heterocycles. The maximum Gasteiger partial charge on any atom is 0.228 e. The maximum absolute atomic E-state index is 11.9. The quantitative estimate of drug-likeness (QED) is 0.837. The normalized spacial score (nSPS) is 19.3. The van der Waals surface area contributed by atoms with Gasteiger partial charge in [0.1, 0.15) is 5.69 Å². The van der Waals surface area contributed by atoms with Gasteiger partial charge in [-0.3, -0.25) is 9.59 Å². The summed E-state index contributed by atoms with van der Waals surface area (Å²) in [6, 6.07) is 1.60. The summed E-state index contributed by atoms with van der Waals surface area (Å²) in [5.41, 5.74) is 6.67. The Morgan fingerprint density at radius 3 is 3.00 bits per heavy atom. The van der Waals surface area contributed by atoms with Crippen LogP contribution in [0, 0.1) is 0 Å². The highest BCUT2D eigenvalue weighted by Gasteiger charge is 2.34. The van der Waals surface area contributed by atoms with Crippen molar-refractivity contribution >= 4 is 45.8 Å². The van der Waals surface area contributed by atoms with E-state index in [-0.39, 0.29) is 21.4 Å². The van der Waals surface area contributed by atoms with Crippen molar-refractivity contribution in [2.24, 2.45) is 0 Å². The second kappa shape index (κ2) is 5.16. The van der Waals surface area contributed by atoms with Gasteiger partial charge in [0.2, 0.25) is 5.91 Å². The van der Waals surface area contributed by atoms with Gasteiger partial charge in [0.15, 0.2) is 10.3 Å². The molecule has 1 unspecified atom stereocenters. The maximum atomic E-state index is 11.9. The highest BCUT2D eigenvalue weighted by molar-refractivity contribution is 8.14. The van der Waals surface area contributed by atoms with Crippen LogP contribution in [0.3, 0.4) is 0 Å². The Kier molecular flexibility index (Phi) is 3.77. The van der Waals surface area contributed by atoms with Gasteiger partial charge in [0.05, 0.1) is 5.69 Å². The molecule has 5 nitrogen and oxygen atoms in total. The van der Waals surface area contributed by atoms with E-state index in [9.17, 15) is 9.59 Å². The second-order valence-corrected chi connectivity index (χ2v) is 5.81. The Hall–Kier alpha value is -1.27. The Bertz CT molecular complexity index is 489. The molecule has 2 N–H and O–H groups in total. The summed E-state index contributed by atoms with van der Waals surface area (Å²) < 4.78 is 0. The minimum absolute atomic E-state index is 0.0000874. The van der Waals surface area contributed by atoms with Gasteiger partial charge >= 0.3 is 0 Å². The van der Waals surface area contributed by atoms with Crippen LogP contribution in [0.25, 0.3) is 0 Å².